The molecule has 2 fully saturated rings. The summed E-state index contributed by atoms with van der Waals surface area (Å²) in [6.45, 7) is 1.09. The van der Waals surface area contributed by atoms with Gasteiger partial charge in [0.15, 0.2) is 5.11 Å². The lowest BCUT2D eigenvalue weighted by Crippen LogP contribution is -2.37. The quantitative estimate of drug-likeness (QED) is 0.381. The highest BCUT2D eigenvalue weighted by atomic mass is 35.5. The molecule has 0 aliphatic carbocycles. The maximum absolute atomic E-state index is 12.5. The van der Waals surface area contributed by atoms with Gasteiger partial charge < -0.3 is 10.1 Å². The minimum absolute atomic E-state index is 0.0190. The van der Waals surface area contributed by atoms with Gasteiger partial charge in [0.05, 0.1) is 17.6 Å². The van der Waals surface area contributed by atoms with Crippen molar-refractivity contribution in [3.8, 4) is 0 Å². The van der Waals surface area contributed by atoms with E-state index in [1.54, 1.807) is 0 Å². The van der Waals surface area contributed by atoms with Crippen molar-refractivity contribution in [2.45, 2.75) is 18.9 Å². The number of halogens is 1. The molecule has 1 unspecified atom stereocenters. The predicted molar refractivity (Wildman–Crippen MR) is 92.5 cm³/mol. The van der Waals surface area contributed by atoms with Gasteiger partial charge in [-0.3, -0.25) is 19.8 Å². The van der Waals surface area contributed by atoms with E-state index in [-0.39, 0.29) is 23.4 Å². The van der Waals surface area contributed by atoms with Crippen molar-refractivity contribution in [1.29, 1.82) is 0 Å². The zero-order valence-corrected chi connectivity index (χ0v) is 14.1. The first-order valence-corrected chi connectivity index (χ1v) is 8.14. The van der Waals surface area contributed by atoms with Crippen LogP contribution < -0.4 is 5.32 Å². The Bertz CT molecular complexity index is 746. The highest BCUT2D eigenvalue weighted by Gasteiger charge is 2.33. The SMILES string of the molecule is O=C1/C(=C\c2cc([N+](=O)[O-])ccc2Cl)NC(=S)N1CC1CCCO1. The van der Waals surface area contributed by atoms with Gasteiger partial charge >= 0.3 is 0 Å². The minimum atomic E-state index is -0.517. The van der Waals surface area contributed by atoms with Crippen molar-refractivity contribution in [3.63, 3.8) is 0 Å². The van der Waals surface area contributed by atoms with Gasteiger partial charge in [0.25, 0.3) is 11.6 Å². The molecule has 2 heterocycles. The molecule has 0 saturated carbocycles. The Morgan fingerprint density at radius 3 is 3.00 bits per heavy atom. The number of carbonyl (C=O) groups is 1. The zero-order valence-electron chi connectivity index (χ0n) is 12.5. The van der Waals surface area contributed by atoms with Crippen LogP contribution >= 0.6 is 23.8 Å². The third-order valence-electron chi connectivity index (χ3n) is 3.86. The molecule has 0 radical (unpaired) electrons. The van der Waals surface area contributed by atoms with Crippen LogP contribution in [0.25, 0.3) is 6.08 Å². The average molecular weight is 368 g/mol. The molecule has 1 atom stereocenters. The van der Waals surface area contributed by atoms with Crippen molar-refractivity contribution >= 4 is 46.6 Å². The molecule has 2 aliphatic rings. The Labute approximate surface area is 148 Å². The van der Waals surface area contributed by atoms with E-state index in [9.17, 15) is 14.9 Å². The molecule has 1 aromatic carbocycles. The molecule has 1 amide bonds. The minimum Gasteiger partial charge on any atom is -0.376 e. The maximum Gasteiger partial charge on any atom is 0.276 e. The third-order valence-corrected chi connectivity index (χ3v) is 4.53. The lowest BCUT2D eigenvalue weighted by Gasteiger charge is -2.18. The second kappa shape index (κ2) is 6.84. The van der Waals surface area contributed by atoms with Crippen LogP contribution in [0, 0.1) is 10.1 Å². The summed E-state index contributed by atoms with van der Waals surface area (Å²) >= 11 is 11.3. The molecule has 1 aromatic rings. The van der Waals surface area contributed by atoms with Gasteiger partial charge in [-0.1, -0.05) is 11.6 Å². The summed E-state index contributed by atoms with van der Waals surface area (Å²) in [7, 11) is 0. The summed E-state index contributed by atoms with van der Waals surface area (Å²) in [5.41, 5.74) is 0.513. The fourth-order valence-electron chi connectivity index (χ4n) is 2.64. The first-order chi connectivity index (χ1) is 11.5. The predicted octanol–water partition coefficient (Wildman–Crippen LogP) is 2.48. The molecule has 1 N–H and O–H groups in total. The summed E-state index contributed by atoms with van der Waals surface area (Å²) in [4.78, 5) is 24.3. The molecule has 7 nitrogen and oxygen atoms in total. The van der Waals surface area contributed by atoms with E-state index in [2.05, 4.69) is 5.32 Å². The third kappa shape index (κ3) is 3.40. The number of hydrogen-bond acceptors (Lipinski definition) is 5. The molecule has 3 rings (SSSR count). The van der Waals surface area contributed by atoms with E-state index >= 15 is 0 Å². The highest BCUT2D eigenvalue weighted by molar-refractivity contribution is 7.80. The number of non-ortho nitro benzene ring substituents is 1. The molecular weight excluding hydrogens is 354 g/mol. The Morgan fingerprint density at radius 2 is 2.33 bits per heavy atom. The summed E-state index contributed by atoms with van der Waals surface area (Å²) in [5.74, 6) is -0.293. The molecule has 9 heteroatoms. The Morgan fingerprint density at radius 1 is 1.54 bits per heavy atom. The van der Waals surface area contributed by atoms with Crippen LogP contribution in [-0.2, 0) is 9.53 Å². The average Bonchev–Trinajstić information content (AvgIpc) is 3.14. The van der Waals surface area contributed by atoms with Gasteiger partial charge in [-0.05, 0) is 37.2 Å². The maximum atomic E-state index is 12.5. The Balaban J connectivity index is 1.83. The number of nitrogens with zero attached hydrogens (tertiary/aromatic N) is 2. The van der Waals surface area contributed by atoms with Gasteiger partial charge in [0.1, 0.15) is 5.70 Å². The van der Waals surface area contributed by atoms with Crippen molar-refractivity contribution < 1.29 is 14.5 Å². The van der Waals surface area contributed by atoms with Crippen molar-refractivity contribution in [2.75, 3.05) is 13.2 Å². The van der Waals surface area contributed by atoms with E-state index in [0.717, 1.165) is 12.8 Å². The van der Waals surface area contributed by atoms with Crippen LogP contribution in [0.5, 0.6) is 0 Å². The fraction of sp³-hybridized carbons (Fsp3) is 0.333. The van der Waals surface area contributed by atoms with Crippen LogP contribution in [0.15, 0.2) is 23.9 Å². The van der Waals surface area contributed by atoms with E-state index in [0.29, 0.717) is 28.9 Å². The fourth-order valence-corrected chi connectivity index (χ4v) is 3.08. The Hall–Kier alpha value is -2.03. The van der Waals surface area contributed by atoms with Gasteiger partial charge in [-0.2, -0.15) is 0 Å². The summed E-state index contributed by atoms with van der Waals surface area (Å²) in [5, 5.41) is 14.3. The van der Waals surface area contributed by atoms with Gasteiger partial charge in [-0.25, -0.2) is 0 Å². The van der Waals surface area contributed by atoms with E-state index in [4.69, 9.17) is 28.6 Å². The van der Waals surface area contributed by atoms with E-state index in [1.807, 2.05) is 0 Å². The summed E-state index contributed by atoms with van der Waals surface area (Å²) < 4.78 is 5.53. The molecule has 24 heavy (non-hydrogen) atoms. The number of thiocarbonyl (C=S) groups is 1. The number of carbonyl (C=O) groups excluding carboxylic acids is 1. The summed E-state index contributed by atoms with van der Waals surface area (Å²) in [6, 6.07) is 4.05. The van der Waals surface area contributed by atoms with E-state index < -0.39 is 4.92 Å². The lowest BCUT2D eigenvalue weighted by atomic mass is 10.1. The molecule has 0 spiro atoms. The second-order valence-electron chi connectivity index (χ2n) is 5.50. The van der Waals surface area contributed by atoms with Gasteiger partial charge in [-0.15, -0.1) is 0 Å². The van der Waals surface area contributed by atoms with Crippen molar-refractivity contribution in [2.24, 2.45) is 0 Å². The number of amides is 1. The monoisotopic (exact) mass is 367 g/mol. The van der Waals surface area contributed by atoms with E-state index in [1.165, 1.54) is 29.2 Å². The molecule has 126 valence electrons. The highest BCUT2D eigenvalue weighted by Crippen LogP contribution is 2.26. The summed E-state index contributed by atoms with van der Waals surface area (Å²) in [6.07, 6.45) is 3.31. The number of hydrogen-bond donors (Lipinski definition) is 1. The number of ether oxygens (including phenoxy) is 1. The van der Waals surface area contributed by atoms with Crippen LogP contribution in [-0.4, -0.2) is 40.1 Å². The number of nitrogens with one attached hydrogen (secondary N) is 1. The normalized spacial score (nSPS) is 22.3. The Kier molecular flexibility index (Phi) is 4.79. The largest absolute Gasteiger partial charge is 0.376 e. The molecule has 0 aromatic heterocycles. The molecule has 2 saturated heterocycles. The first kappa shape index (κ1) is 16.8. The lowest BCUT2D eigenvalue weighted by molar-refractivity contribution is -0.384. The molecule has 0 bridgehead atoms. The second-order valence-corrected chi connectivity index (χ2v) is 6.30. The molecular formula is C15H14ClN3O4S. The van der Waals surface area contributed by atoms with Crippen molar-refractivity contribution in [3.05, 3.63) is 44.6 Å². The number of benzene rings is 1. The topological polar surface area (TPSA) is 84.7 Å². The first-order valence-electron chi connectivity index (χ1n) is 7.36. The smallest absolute Gasteiger partial charge is 0.276 e. The van der Waals surface area contributed by atoms with Crippen LogP contribution in [0.1, 0.15) is 18.4 Å². The van der Waals surface area contributed by atoms with Crippen molar-refractivity contribution in [1.82, 2.24) is 10.2 Å². The standard InChI is InChI=1S/C15H14ClN3O4S/c16-12-4-3-10(19(21)22)6-9(12)7-13-14(20)18(15(24)17-13)8-11-2-1-5-23-11/h3-4,6-7,11H,1-2,5,8H2,(H,17,24)/b13-7+. The van der Waals surface area contributed by atoms with Crippen LogP contribution in [0.4, 0.5) is 5.69 Å². The number of rotatable bonds is 4. The number of nitro benzene ring substituents is 1. The van der Waals surface area contributed by atoms with Gasteiger partial charge in [0.2, 0.25) is 0 Å². The van der Waals surface area contributed by atoms with Crippen LogP contribution in [0.2, 0.25) is 5.02 Å². The number of nitro groups is 1. The molecule has 2 aliphatic heterocycles. The van der Waals surface area contributed by atoms with Crippen LogP contribution in [0.3, 0.4) is 0 Å². The zero-order chi connectivity index (χ0) is 17.3. The van der Waals surface area contributed by atoms with Gasteiger partial charge in [0, 0.05) is 29.3 Å².